The van der Waals surface area contributed by atoms with E-state index in [0.29, 0.717) is 6.42 Å². The van der Waals surface area contributed by atoms with Crippen LogP contribution in [0.4, 0.5) is 4.79 Å². The van der Waals surface area contributed by atoms with Gasteiger partial charge in [0.15, 0.2) is 0 Å². The summed E-state index contributed by atoms with van der Waals surface area (Å²) in [6.45, 7) is 3.55. The third-order valence-electron chi connectivity index (χ3n) is 2.98. The van der Waals surface area contributed by atoms with Crippen LogP contribution in [0.5, 0.6) is 0 Å². The Kier molecular flexibility index (Phi) is 4.19. The number of hydrazone groups is 1. The molecule has 21 heavy (non-hydrogen) atoms. The number of nitrogens with one attached hydrogen (secondary N) is 1. The Morgan fingerprint density at radius 3 is 2.62 bits per heavy atom. The standard InChI is InChI=1S/C12H13Cl2N3O3S/c1-12(2)6-7-15-17(12)11(18)16-21(19,20)9-5-3-4-8(13)10(9)14/h3-5,7H,6H2,1-2H3,(H,16,18). The van der Waals surface area contributed by atoms with Gasteiger partial charge in [-0.15, -0.1) is 0 Å². The summed E-state index contributed by atoms with van der Waals surface area (Å²) in [5.41, 5.74) is -0.586. The highest BCUT2D eigenvalue weighted by atomic mass is 35.5. The molecular weight excluding hydrogens is 337 g/mol. The van der Waals surface area contributed by atoms with Gasteiger partial charge in [0.25, 0.3) is 10.0 Å². The molecular formula is C12H13Cl2N3O3S. The van der Waals surface area contributed by atoms with Crippen LogP contribution >= 0.6 is 23.2 Å². The minimum atomic E-state index is -4.13. The molecule has 0 saturated heterocycles. The minimum Gasteiger partial charge on any atom is -0.245 e. The first kappa shape index (κ1) is 16.1. The fourth-order valence-electron chi connectivity index (χ4n) is 1.82. The highest BCUT2D eigenvalue weighted by Gasteiger charge is 2.36. The van der Waals surface area contributed by atoms with Gasteiger partial charge in [0.2, 0.25) is 0 Å². The third kappa shape index (κ3) is 3.14. The Bertz CT molecular complexity index is 716. The van der Waals surface area contributed by atoms with Crippen molar-refractivity contribution in [3.05, 3.63) is 28.2 Å². The Labute approximate surface area is 132 Å². The van der Waals surface area contributed by atoms with Gasteiger partial charge >= 0.3 is 6.03 Å². The average Bonchev–Trinajstić information content (AvgIpc) is 2.71. The van der Waals surface area contributed by atoms with Crippen LogP contribution in [0.1, 0.15) is 20.3 Å². The molecule has 1 aliphatic rings. The molecule has 2 rings (SSSR count). The van der Waals surface area contributed by atoms with Gasteiger partial charge in [-0.1, -0.05) is 29.3 Å². The number of urea groups is 1. The largest absolute Gasteiger partial charge is 0.352 e. The van der Waals surface area contributed by atoms with Crippen molar-refractivity contribution in [1.29, 1.82) is 0 Å². The lowest BCUT2D eigenvalue weighted by molar-refractivity contribution is 0.159. The van der Waals surface area contributed by atoms with Crippen LogP contribution in [0.15, 0.2) is 28.2 Å². The minimum absolute atomic E-state index is 0.0894. The van der Waals surface area contributed by atoms with Gasteiger partial charge in [-0.3, -0.25) is 0 Å². The number of benzene rings is 1. The lowest BCUT2D eigenvalue weighted by Gasteiger charge is -2.28. The van der Waals surface area contributed by atoms with E-state index in [1.54, 1.807) is 20.1 Å². The second-order valence-corrected chi connectivity index (χ2v) is 7.53. The number of carbonyl (C=O) groups excluding carboxylic acids is 1. The average molecular weight is 350 g/mol. The number of hydrogen-bond acceptors (Lipinski definition) is 4. The van der Waals surface area contributed by atoms with Gasteiger partial charge in [0.05, 0.1) is 15.6 Å². The van der Waals surface area contributed by atoms with Crippen LogP contribution in [0.2, 0.25) is 10.0 Å². The van der Waals surface area contributed by atoms with Gasteiger partial charge in [-0.05, 0) is 26.0 Å². The molecule has 0 fully saturated rings. The second kappa shape index (κ2) is 5.47. The van der Waals surface area contributed by atoms with E-state index in [1.807, 2.05) is 4.72 Å². The van der Waals surface area contributed by atoms with E-state index in [2.05, 4.69) is 5.10 Å². The Balaban J connectivity index is 2.28. The van der Waals surface area contributed by atoms with Crippen molar-refractivity contribution in [2.45, 2.75) is 30.7 Å². The molecule has 0 unspecified atom stereocenters. The molecule has 6 nitrogen and oxygen atoms in total. The first-order chi connectivity index (χ1) is 9.65. The van der Waals surface area contributed by atoms with Crippen LogP contribution < -0.4 is 4.72 Å². The molecule has 0 radical (unpaired) electrons. The first-order valence-corrected chi connectivity index (χ1v) is 8.22. The van der Waals surface area contributed by atoms with Crippen molar-refractivity contribution in [3.63, 3.8) is 0 Å². The van der Waals surface area contributed by atoms with Crippen molar-refractivity contribution >= 4 is 45.5 Å². The quantitative estimate of drug-likeness (QED) is 0.891. The zero-order valence-electron chi connectivity index (χ0n) is 11.3. The molecule has 0 bridgehead atoms. The summed E-state index contributed by atoms with van der Waals surface area (Å²) in [7, 11) is -4.13. The van der Waals surface area contributed by atoms with E-state index in [0.717, 1.165) is 5.01 Å². The van der Waals surface area contributed by atoms with Crippen molar-refractivity contribution in [3.8, 4) is 0 Å². The molecule has 0 aromatic heterocycles. The molecule has 9 heteroatoms. The normalized spacial score (nSPS) is 17.0. The molecule has 1 N–H and O–H groups in total. The van der Waals surface area contributed by atoms with E-state index >= 15 is 0 Å². The summed E-state index contributed by atoms with van der Waals surface area (Å²) in [6.07, 6.45) is 2.09. The summed E-state index contributed by atoms with van der Waals surface area (Å²) in [5.74, 6) is 0. The van der Waals surface area contributed by atoms with Gasteiger partial charge in [0.1, 0.15) is 4.90 Å². The van der Waals surface area contributed by atoms with E-state index in [1.165, 1.54) is 18.2 Å². The lowest BCUT2D eigenvalue weighted by Crippen LogP contribution is -2.47. The number of carbonyl (C=O) groups is 1. The maximum atomic E-state index is 12.2. The molecule has 0 saturated carbocycles. The highest BCUT2D eigenvalue weighted by molar-refractivity contribution is 7.90. The Morgan fingerprint density at radius 2 is 2.05 bits per heavy atom. The first-order valence-electron chi connectivity index (χ1n) is 5.98. The van der Waals surface area contributed by atoms with Crippen LogP contribution in [0.3, 0.4) is 0 Å². The summed E-state index contributed by atoms with van der Waals surface area (Å²) in [4.78, 5) is 11.8. The Morgan fingerprint density at radius 1 is 1.38 bits per heavy atom. The van der Waals surface area contributed by atoms with Crippen molar-refractivity contribution in [1.82, 2.24) is 9.73 Å². The molecule has 1 aromatic rings. The number of sulfonamides is 1. The molecule has 0 aliphatic carbocycles. The predicted octanol–water partition coefficient (Wildman–Crippen LogP) is 2.86. The van der Waals surface area contributed by atoms with Crippen LogP contribution in [-0.2, 0) is 10.0 Å². The molecule has 1 heterocycles. The van der Waals surface area contributed by atoms with Gasteiger partial charge in [0, 0.05) is 12.6 Å². The number of halogens is 2. The number of rotatable bonds is 2. The molecule has 0 spiro atoms. The molecule has 0 atom stereocenters. The number of nitrogens with zero attached hydrogens (tertiary/aromatic N) is 2. The van der Waals surface area contributed by atoms with E-state index in [9.17, 15) is 13.2 Å². The van der Waals surface area contributed by atoms with Crippen LogP contribution in [0.25, 0.3) is 0 Å². The molecule has 2 amide bonds. The van der Waals surface area contributed by atoms with E-state index in [4.69, 9.17) is 23.2 Å². The maximum Gasteiger partial charge on any atom is 0.352 e. The second-order valence-electron chi connectivity index (χ2n) is 5.09. The van der Waals surface area contributed by atoms with Crippen molar-refractivity contribution < 1.29 is 13.2 Å². The summed E-state index contributed by atoms with van der Waals surface area (Å²) < 4.78 is 26.4. The predicted molar refractivity (Wildman–Crippen MR) is 81.2 cm³/mol. The van der Waals surface area contributed by atoms with Gasteiger partial charge in [-0.2, -0.15) is 5.10 Å². The zero-order chi connectivity index (χ0) is 15.8. The van der Waals surface area contributed by atoms with E-state index in [-0.39, 0.29) is 14.9 Å². The van der Waals surface area contributed by atoms with E-state index < -0.39 is 21.6 Å². The summed E-state index contributed by atoms with van der Waals surface area (Å²) >= 11 is 11.7. The van der Waals surface area contributed by atoms with Crippen LogP contribution in [-0.4, -0.2) is 31.2 Å². The topological polar surface area (TPSA) is 78.8 Å². The third-order valence-corrected chi connectivity index (χ3v) is 5.27. The highest BCUT2D eigenvalue weighted by Crippen LogP contribution is 2.29. The number of hydrogen-bond donors (Lipinski definition) is 1. The maximum absolute atomic E-state index is 12.2. The fourth-order valence-corrected chi connectivity index (χ4v) is 3.51. The van der Waals surface area contributed by atoms with Gasteiger partial charge in [-0.25, -0.2) is 22.9 Å². The fraction of sp³-hybridized carbons (Fsp3) is 0.333. The molecule has 114 valence electrons. The Hall–Kier alpha value is -1.31. The molecule has 1 aliphatic heterocycles. The number of amides is 2. The molecule has 1 aromatic carbocycles. The summed E-state index contributed by atoms with van der Waals surface area (Å²) in [5, 5.41) is 4.92. The SMILES string of the molecule is CC1(C)CC=NN1C(=O)NS(=O)(=O)c1cccc(Cl)c1Cl. The smallest absolute Gasteiger partial charge is 0.245 e. The lowest BCUT2D eigenvalue weighted by atomic mass is 10.0. The van der Waals surface area contributed by atoms with Gasteiger partial charge < -0.3 is 0 Å². The zero-order valence-corrected chi connectivity index (χ0v) is 13.6. The van der Waals surface area contributed by atoms with Crippen molar-refractivity contribution in [2.75, 3.05) is 0 Å². The monoisotopic (exact) mass is 349 g/mol. The van der Waals surface area contributed by atoms with Crippen LogP contribution in [0, 0.1) is 0 Å². The van der Waals surface area contributed by atoms with Crippen molar-refractivity contribution in [2.24, 2.45) is 5.10 Å². The summed E-state index contributed by atoms with van der Waals surface area (Å²) in [6, 6.07) is 3.32.